The predicted octanol–water partition coefficient (Wildman–Crippen LogP) is 4.12. The summed E-state index contributed by atoms with van der Waals surface area (Å²) in [5, 5.41) is 8.56. The quantitative estimate of drug-likeness (QED) is 0.565. The molecule has 1 N–H and O–H groups in total. The second kappa shape index (κ2) is 7.00. The molecule has 0 bridgehead atoms. The van der Waals surface area contributed by atoms with Crippen LogP contribution in [0.25, 0.3) is 0 Å². The highest BCUT2D eigenvalue weighted by molar-refractivity contribution is 5.66. The van der Waals surface area contributed by atoms with E-state index >= 15 is 0 Å². The molecule has 0 fully saturated rings. The third-order valence-corrected chi connectivity index (χ3v) is 3.14. The SMILES string of the molecule is CC(C)(C=CCCCC(=O)O)C1C=CC=CC=C1. The molecule has 1 aliphatic rings. The van der Waals surface area contributed by atoms with Crippen molar-refractivity contribution in [2.24, 2.45) is 11.3 Å². The average molecular weight is 246 g/mol. The van der Waals surface area contributed by atoms with Crippen LogP contribution in [0.1, 0.15) is 33.1 Å². The van der Waals surface area contributed by atoms with Crippen LogP contribution in [0, 0.1) is 11.3 Å². The molecule has 1 rings (SSSR count). The van der Waals surface area contributed by atoms with E-state index in [0.717, 1.165) is 6.42 Å². The third-order valence-electron chi connectivity index (χ3n) is 3.14. The molecule has 0 aromatic carbocycles. The molecule has 98 valence electrons. The van der Waals surface area contributed by atoms with Crippen LogP contribution in [-0.4, -0.2) is 11.1 Å². The summed E-state index contributed by atoms with van der Waals surface area (Å²) in [6.07, 6.45) is 18.7. The number of hydrogen-bond acceptors (Lipinski definition) is 1. The molecule has 0 saturated heterocycles. The van der Waals surface area contributed by atoms with Crippen molar-refractivity contribution in [2.45, 2.75) is 33.1 Å². The average Bonchev–Trinajstić information content (AvgIpc) is 2.56. The molecule has 1 aliphatic carbocycles. The molecule has 0 aromatic heterocycles. The fraction of sp³-hybridized carbons (Fsp3) is 0.438. The van der Waals surface area contributed by atoms with E-state index in [1.54, 1.807) is 0 Å². The lowest BCUT2D eigenvalue weighted by atomic mass is 9.78. The fourth-order valence-electron chi connectivity index (χ4n) is 1.93. The number of hydrogen-bond donors (Lipinski definition) is 1. The molecular weight excluding hydrogens is 224 g/mol. The highest BCUT2D eigenvalue weighted by atomic mass is 16.4. The van der Waals surface area contributed by atoms with Crippen molar-refractivity contribution in [3.8, 4) is 0 Å². The van der Waals surface area contributed by atoms with Crippen molar-refractivity contribution in [3.05, 3.63) is 48.6 Å². The highest BCUT2D eigenvalue weighted by Gasteiger charge is 2.22. The lowest BCUT2D eigenvalue weighted by Crippen LogP contribution is -2.17. The van der Waals surface area contributed by atoms with E-state index in [-0.39, 0.29) is 11.8 Å². The van der Waals surface area contributed by atoms with Gasteiger partial charge in [-0.3, -0.25) is 4.79 Å². The maximum Gasteiger partial charge on any atom is 0.303 e. The van der Waals surface area contributed by atoms with E-state index in [2.05, 4.69) is 50.3 Å². The molecule has 0 heterocycles. The zero-order valence-corrected chi connectivity index (χ0v) is 11.2. The summed E-state index contributed by atoms with van der Waals surface area (Å²) in [6, 6.07) is 0. The molecule has 0 aliphatic heterocycles. The van der Waals surface area contributed by atoms with Crippen LogP contribution >= 0.6 is 0 Å². The Morgan fingerprint density at radius 1 is 1.22 bits per heavy atom. The van der Waals surface area contributed by atoms with Gasteiger partial charge < -0.3 is 5.11 Å². The highest BCUT2D eigenvalue weighted by Crippen LogP contribution is 2.31. The summed E-state index contributed by atoms with van der Waals surface area (Å²) < 4.78 is 0. The van der Waals surface area contributed by atoms with Crippen molar-refractivity contribution >= 4 is 5.97 Å². The molecule has 0 radical (unpaired) electrons. The lowest BCUT2D eigenvalue weighted by molar-refractivity contribution is -0.137. The first-order valence-electron chi connectivity index (χ1n) is 6.43. The minimum Gasteiger partial charge on any atom is -0.481 e. The van der Waals surface area contributed by atoms with E-state index in [0.29, 0.717) is 12.3 Å². The van der Waals surface area contributed by atoms with Gasteiger partial charge >= 0.3 is 5.97 Å². The maximum absolute atomic E-state index is 10.4. The predicted molar refractivity (Wildman–Crippen MR) is 75.3 cm³/mol. The van der Waals surface area contributed by atoms with E-state index in [1.807, 2.05) is 12.2 Å². The maximum atomic E-state index is 10.4. The summed E-state index contributed by atoms with van der Waals surface area (Å²) in [5.41, 5.74) is 0.0578. The molecule has 18 heavy (non-hydrogen) atoms. The number of rotatable bonds is 6. The monoisotopic (exact) mass is 246 g/mol. The van der Waals surface area contributed by atoms with E-state index < -0.39 is 5.97 Å². The minimum atomic E-state index is -0.719. The number of carbonyl (C=O) groups is 1. The normalized spacial score (nSPS) is 16.3. The number of allylic oxidation sites excluding steroid dienone is 8. The third kappa shape index (κ3) is 5.17. The topological polar surface area (TPSA) is 37.3 Å². The van der Waals surface area contributed by atoms with Gasteiger partial charge in [0.25, 0.3) is 0 Å². The first-order chi connectivity index (χ1) is 8.52. The number of unbranched alkanes of at least 4 members (excludes halogenated alkanes) is 1. The van der Waals surface area contributed by atoms with Gasteiger partial charge in [-0.25, -0.2) is 0 Å². The zero-order chi connectivity index (χ0) is 13.4. The molecule has 2 nitrogen and oxygen atoms in total. The van der Waals surface area contributed by atoms with Gasteiger partial charge in [0.1, 0.15) is 0 Å². The largest absolute Gasteiger partial charge is 0.481 e. The van der Waals surface area contributed by atoms with Gasteiger partial charge in [-0.2, -0.15) is 0 Å². The Kier molecular flexibility index (Phi) is 5.63. The van der Waals surface area contributed by atoms with Gasteiger partial charge in [-0.1, -0.05) is 62.5 Å². The van der Waals surface area contributed by atoms with Gasteiger partial charge in [0, 0.05) is 12.3 Å². The van der Waals surface area contributed by atoms with Crippen molar-refractivity contribution < 1.29 is 9.90 Å². The second-order valence-electron chi connectivity index (χ2n) is 5.19. The Bertz CT molecular complexity index is 368. The Labute approximate surface area is 109 Å². The van der Waals surface area contributed by atoms with Gasteiger partial charge in [0.15, 0.2) is 0 Å². The molecule has 0 unspecified atom stereocenters. The van der Waals surface area contributed by atoms with Crippen molar-refractivity contribution in [2.75, 3.05) is 0 Å². The van der Waals surface area contributed by atoms with Crippen LogP contribution in [0.3, 0.4) is 0 Å². The molecule has 2 heteroatoms. The standard InChI is InChI=1S/C16H22O2/c1-16(2,13-9-5-8-12-15(17)18)14-10-6-3-4-7-11-14/h3-4,6-7,9-11,13-14H,5,8,12H2,1-2H3,(H,17,18). The molecule has 0 saturated carbocycles. The zero-order valence-electron chi connectivity index (χ0n) is 11.2. The number of carboxylic acids is 1. The van der Waals surface area contributed by atoms with Crippen LogP contribution in [-0.2, 0) is 4.79 Å². The Morgan fingerprint density at radius 3 is 2.39 bits per heavy atom. The summed E-state index contributed by atoms with van der Waals surface area (Å²) >= 11 is 0. The van der Waals surface area contributed by atoms with E-state index in [9.17, 15) is 4.79 Å². The minimum absolute atomic E-state index is 0.0578. The first kappa shape index (κ1) is 14.5. The van der Waals surface area contributed by atoms with Gasteiger partial charge in [0.05, 0.1) is 0 Å². The van der Waals surface area contributed by atoms with Crippen LogP contribution in [0.2, 0.25) is 0 Å². The molecule has 0 atom stereocenters. The summed E-state index contributed by atoms with van der Waals surface area (Å²) in [4.78, 5) is 10.4. The van der Waals surface area contributed by atoms with E-state index in [4.69, 9.17) is 5.11 Å². The van der Waals surface area contributed by atoms with Crippen LogP contribution < -0.4 is 0 Å². The summed E-state index contributed by atoms with van der Waals surface area (Å²) in [7, 11) is 0. The molecule has 0 amide bonds. The second-order valence-corrected chi connectivity index (χ2v) is 5.19. The smallest absolute Gasteiger partial charge is 0.303 e. The van der Waals surface area contributed by atoms with Crippen LogP contribution in [0.15, 0.2) is 48.6 Å². The van der Waals surface area contributed by atoms with Crippen molar-refractivity contribution in [3.63, 3.8) is 0 Å². The molecule has 0 spiro atoms. The number of aliphatic carboxylic acids is 1. The number of carboxylic acid groups (broad SMARTS) is 1. The molecule has 0 aromatic rings. The van der Waals surface area contributed by atoms with Gasteiger partial charge in [0.2, 0.25) is 0 Å². The fourth-order valence-corrected chi connectivity index (χ4v) is 1.93. The van der Waals surface area contributed by atoms with E-state index in [1.165, 1.54) is 0 Å². The lowest BCUT2D eigenvalue weighted by Gasteiger charge is -2.26. The Hall–Kier alpha value is -1.57. The summed E-state index contributed by atoms with van der Waals surface area (Å²) in [6.45, 7) is 4.40. The Morgan fingerprint density at radius 2 is 1.83 bits per heavy atom. The van der Waals surface area contributed by atoms with Gasteiger partial charge in [-0.05, 0) is 18.3 Å². The van der Waals surface area contributed by atoms with Gasteiger partial charge in [-0.15, -0.1) is 0 Å². The van der Waals surface area contributed by atoms with Crippen molar-refractivity contribution in [1.82, 2.24) is 0 Å². The van der Waals surface area contributed by atoms with Crippen LogP contribution in [0.5, 0.6) is 0 Å². The Balaban J connectivity index is 2.48. The van der Waals surface area contributed by atoms with Crippen LogP contribution in [0.4, 0.5) is 0 Å². The first-order valence-corrected chi connectivity index (χ1v) is 6.43. The van der Waals surface area contributed by atoms with Crippen molar-refractivity contribution in [1.29, 1.82) is 0 Å². The summed E-state index contributed by atoms with van der Waals surface area (Å²) in [5.74, 6) is -0.341. The molecular formula is C16H22O2.